The van der Waals surface area contributed by atoms with E-state index in [4.69, 9.17) is 15.6 Å². The summed E-state index contributed by atoms with van der Waals surface area (Å²) in [7, 11) is 0. The highest BCUT2D eigenvalue weighted by Gasteiger charge is 2.17. The van der Waals surface area contributed by atoms with Gasteiger partial charge in [-0.05, 0) is 42.0 Å². The van der Waals surface area contributed by atoms with Crippen LogP contribution in [0, 0.1) is 5.82 Å². The predicted molar refractivity (Wildman–Crippen MR) is 81.0 cm³/mol. The van der Waals surface area contributed by atoms with Crippen LogP contribution in [0.25, 0.3) is 0 Å². The Hall–Kier alpha value is -2.60. The summed E-state index contributed by atoms with van der Waals surface area (Å²) in [5.74, 6) is -0.332. The monoisotopic (exact) mass is 304 g/mol. The van der Waals surface area contributed by atoms with E-state index in [1.165, 1.54) is 24.3 Å². The highest BCUT2D eigenvalue weighted by molar-refractivity contribution is 5.84. The van der Waals surface area contributed by atoms with E-state index in [0.29, 0.717) is 17.0 Å². The number of aliphatic hydroxyl groups excluding tert-OH is 1. The molecule has 0 heterocycles. The van der Waals surface area contributed by atoms with E-state index in [0.717, 1.165) is 0 Å². The summed E-state index contributed by atoms with van der Waals surface area (Å²) in [6.07, 6.45) is 0. The van der Waals surface area contributed by atoms with E-state index in [1.807, 2.05) is 0 Å². The average Bonchev–Trinajstić information content (AvgIpc) is 2.52. The minimum absolute atomic E-state index is 0.0612. The van der Waals surface area contributed by atoms with Gasteiger partial charge in [-0.15, -0.1) is 0 Å². The van der Waals surface area contributed by atoms with Gasteiger partial charge >= 0.3 is 0 Å². The Balaban J connectivity index is 2.11. The van der Waals surface area contributed by atoms with Crippen LogP contribution in [0.5, 0.6) is 5.75 Å². The average molecular weight is 304 g/mol. The summed E-state index contributed by atoms with van der Waals surface area (Å²) in [6.45, 7) is 0.153. The zero-order valence-electron chi connectivity index (χ0n) is 11.8. The molecular weight excluding hydrogens is 287 g/mol. The fourth-order valence-electron chi connectivity index (χ4n) is 1.95. The molecule has 0 bridgehead atoms. The van der Waals surface area contributed by atoms with Crippen molar-refractivity contribution in [2.75, 3.05) is 18.5 Å². The van der Waals surface area contributed by atoms with Gasteiger partial charge in [0.2, 0.25) is 5.91 Å². The number of ether oxygens (including phenoxy) is 1. The standard InChI is InChI=1S/C16H17FN2O3/c17-12-3-1-11(2-4-12)15(16(18)21)19-13-5-7-14(8-6-13)22-10-9-20/h1-8,15,19-20H,9-10H2,(H2,18,21). The van der Waals surface area contributed by atoms with Crippen LogP contribution in [0.2, 0.25) is 0 Å². The number of benzene rings is 2. The van der Waals surface area contributed by atoms with Crippen molar-refractivity contribution in [2.24, 2.45) is 5.73 Å². The van der Waals surface area contributed by atoms with Crippen molar-refractivity contribution in [3.05, 3.63) is 59.9 Å². The number of amides is 1. The first kappa shape index (κ1) is 15.8. The van der Waals surface area contributed by atoms with Gasteiger partial charge in [0.1, 0.15) is 24.2 Å². The van der Waals surface area contributed by atoms with Gasteiger partial charge in [-0.25, -0.2) is 4.39 Å². The molecule has 1 unspecified atom stereocenters. The molecule has 4 N–H and O–H groups in total. The maximum atomic E-state index is 13.0. The van der Waals surface area contributed by atoms with Crippen LogP contribution < -0.4 is 15.8 Å². The van der Waals surface area contributed by atoms with Gasteiger partial charge in [0, 0.05) is 5.69 Å². The third-order valence-corrected chi connectivity index (χ3v) is 3.01. The quantitative estimate of drug-likeness (QED) is 0.728. The lowest BCUT2D eigenvalue weighted by Gasteiger charge is -2.17. The van der Waals surface area contributed by atoms with Gasteiger partial charge in [0.05, 0.1) is 6.61 Å². The molecule has 2 rings (SSSR count). The Morgan fingerprint density at radius 3 is 2.36 bits per heavy atom. The summed E-state index contributed by atoms with van der Waals surface area (Å²) in [5.41, 5.74) is 6.65. The van der Waals surface area contributed by atoms with Crippen LogP contribution >= 0.6 is 0 Å². The molecule has 116 valence electrons. The van der Waals surface area contributed by atoms with Gasteiger partial charge in [-0.3, -0.25) is 4.79 Å². The normalized spacial score (nSPS) is 11.7. The molecule has 0 aliphatic carbocycles. The van der Waals surface area contributed by atoms with Crippen molar-refractivity contribution in [2.45, 2.75) is 6.04 Å². The molecule has 5 nitrogen and oxygen atoms in total. The van der Waals surface area contributed by atoms with E-state index in [9.17, 15) is 9.18 Å². The third kappa shape index (κ3) is 4.20. The second kappa shape index (κ2) is 7.42. The van der Waals surface area contributed by atoms with E-state index in [-0.39, 0.29) is 19.0 Å². The van der Waals surface area contributed by atoms with Gasteiger partial charge in [0.25, 0.3) is 0 Å². The Morgan fingerprint density at radius 2 is 1.82 bits per heavy atom. The number of carbonyl (C=O) groups excluding carboxylic acids is 1. The van der Waals surface area contributed by atoms with Crippen molar-refractivity contribution >= 4 is 11.6 Å². The molecular formula is C16H17FN2O3. The molecule has 0 aliphatic rings. The molecule has 1 atom stereocenters. The minimum atomic E-state index is -0.759. The molecule has 0 spiro atoms. The SMILES string of the molecule is NC(=O)C(Nc1ccc(OCCO)cc1)c1ccc(F)cc1. The summed E-state index contributed by atoms with van der Waals surface area (Å²) in [6, 6.07) is 11.7. The van der Waals surface area contributed by atoms with E-state index >= 15 is 0 Å². The molecule has 0 saturated heterocycles. The molecule has 0 radical (unpaired) electrons. The Morgan fingerprint density at radius 1 is 1.18 bits per heavy atom. The number of rotatable bonds is 7. The van der Waals surface area contributed by atoms with Crippen LogP contribution in [0.15, 0.2) is 48.5 Å². The lowest BCUT2D eigenvalue weighted by Crippen LogP contribution is -2.27. The van der Waals surface area contributed by atoms with Gasteiger partial charge in [-0.2, -0.15) is 0 Å². The number of hydrogen-bond donors (Lipinski definition) is 3. The molecule has 2 aromatic carbocycles. The molecule has 0 aromatic heterocycles. The first-order valence-electron chi connectivity index (χ1n) is 6.75. The largest absolute Gasteiger partial charge is 0.491 e. The number of halogens is 1. The lowest BCUT2D eigenvalue weighted by molar-refractivity contribution is -0.118. The zero-order valence-corrected chi connectivity index (χ0v) is 11.8. The van der Waals surface area contributed by atoms with Gasteiger partial charge in [-0.1, -0.05) is 12.1 Å². The van der Waals surface area contributed by atoms with Crippen molar-refractivity contribution in [3.8, 4) is 5.75 Å². The molecule has 6 heteroatoms. The number of carbonyl (C=O) groups is 1. The summed E-state index contributed by atoms with van der Waals surface area (Å²) >= 11 is 0. The zero-order chi connectivity index (χ0) is 15.9. The smallest absolute Gasteiger partial charge is 0.244 e. The highest BCUT2D eigenvalue weighted by Crippen LogP contribution is 2.22. The molecule has 0 saturated carbocycles. The number of primary amides is 1. The second-order valence-electron chi connectivity index (χ2n) is 4.63. The minimum Gasteiger partial charge on any atom is -0.491 e. The van der Waals surface area contributed by atoms with E-state index in [2.05, 4.69) is 5.32 Å². The maximum absolute atomic E-state index is 13.0. The number of nitrogens with two attached hydrogens (primary N) is 1. The highest BCUT2D eigenvalue weighted by atomic mass is 19.1. The van der Waals surface area contributed by atoms with Crippen molar-refractivity contribution in [3.63, 3.8) is 0 Å². The number of aliphatic hydroxyl groups is 1. The maximum Gasteiger partial charge on any atom is 0.244 e. The van der Waals surface area contributed by atoms with Crippen LogP contribution in [-0.2, 0) is 4.79 Å². The summed E-state index contributed by atoms with van der Waals surface area (Å²) < 4.78 is 18.2. The fraction of sp³-hybridized carbons (Fsp3) is 0.188. The van der Waals surface area contributed by atoms with E-state index in [1.54, 1.807) is 24.3 Å². The Bertz CT molecular complexity index is 614. The van der Waals surface area contributed by atoms with E-state index < -0.39 is 11.9 Å². The molecule has 0 aliphatic heterocycles. The van der Waals surface area contributed by atoms with Crippen LogP contribution in [0.3, 0.4) is 0 Å². The number of anilines is 1. The molecule has 22 heavy (non-hydrogen) atoms. The Labute approximate surface area is 127 Å². The van der Waals surface area contributed by atoms with Crippen LogP contribution in [-0.4, -0.2) is 24.2 Å². The van der Waals surface area contributed by atoms with Crippen molar-refractivity contribution in [1.82, 2.24) is 0 Å². The van der Waals surface area contributed by atoms with Gasteiger partial charge < -0.3 is 20.9 Å². The Kier molecular flexibility index (Phi) is 5.32. The summed E-state index contributed by atoms with van der Waals surface area (Å²) in [5, 5.41) is 11.7. The van der Waals surface area contributed by atoms with Crippen molar-refractivity contribution < 1.29 is 19.0 Å². The van der Waals surface area contributed by atoms with Crippen LogP contribution in [0.1, 0.15) is 11.6 Å². The number of hydrogen-bond acceptors (Lipinski definition) is 4. The molecule has 0 fully saturated rings. The third-order valence-electron chi connectivity index (χ3n) is 3.01. The molecule has 1 amide bonds. The first-order chi connectivity index (χ1) is 10.6. The van der Waals surface area contributed by atoms with Crippen molar-refractivity contribution in [1.29, 1.82) is 0 Å². The lowest BCUT2D eigenvalue weighted by atomic mass is 10.1. The molecule has 2 aromatic rings. The fourth-order valence-corrected chi connectivity index (χ4v) is 1.95. The number of nitrogens with one attached hydrogen (secondary N) is 1. The predicted octanol–water partition coefficient (Wildman–Crippen LogP) is 1.84. The second-order valence-corrected chi connectivity index (χ2v) is 4.63. The summed E-state index contributed by atoms with van der Waals surface area (Å²) in [4.78, 5) is 11.6. The topological polar surface area (TPSA) is 84.6 Å². The van der Waals surface area contributed by atoms with Gasteiger partial charge in [0.15, 0.2) is 0 Å². The first-order valence-corrected chi connectivity index (χ1v) is 6.75. The van der Waals surface area contributed by atoms with Crippen LogP contribution in [0.4, 0.5) is 10.1 Å².